The number of carbonyl (C=O) groups excluding carboxylic acids is 1. The summed E-state index contributed by atoms with van der Waals surface area (Å²) < 4.78 is 5.34. The fourth-order valence-corrected chi connectivity index (χ4v) is 3.02. The number of aromatic amines is 2. The summed E-state index contributed by atoms with van der Waals surface area (Å²) in [5, 5.41) is 0.922. The number of amides is 1. The number of piperidine rings is 1. The van der Waals surface area contributed by atoms with E-state index in [1.54, 1.807) is 13.3 Å². The largest absolute Gasteiger partial charge is 0.381 e. The van der Waals surface area contributed by atoms with Gasteiger partial charge in [0.25, 0.3) is 5.91 Å². The number of carbonyl (C=O) groups is 1. The molecule has 0 aromatic carbocycles. The Hall–Kier alpha value is -2.41. The fraction of sp³-hybridized carbons (Fsp3) is 0.400. The van der Waals surface area contributed by atoms with Crippen LogP contribution in [0.2, 0.25) is 0 Å². The third-order valence-corrected chi connectivity index (χ3v) is 4.30. The maximum Gasteiger partial charge on any atom is 0.289 e. The summed E-state index contributed by atoms with van der Waals surface area (Å²) in [5.74, 6) is 0.316. The number of fused-ring (bicyclic) bond motifs is 3. The summed E-state index contributed by atoms with van der Waals surface area (Å²) in [6.07, 6.45) is 5.51. The van der Waals surface area contributed by atoms with E-state index in [-0.39, 0.29) is 12.0 Å². The Morgan fingerprint density at radius 1 is 1.41 bits per heavy atom. The minimum Gasteiger partial charge on any atom is -0.381 e. The lowest BCUT2D eigenvalue weighted by atomic mass is 10.1. The molecule has 0 saturated carbocycles. The van der Waals surface area contributed by atoms with Crippen LogP contribution in [-0.4, -0.2) is 57.0 Å². The number of rotatable bonds is 2. The summed E-state index contributed by atoms with van der Waals surface area (Å²) in [6.45, 7) is 1.40. The molecule has 114 valence electrons. The second-order valence-electron chi connectivity index (χ2n) is 5.57. The molecule has 3 aromatic rings. The van der Waals surface area contributed by atoms with E-state index in [4.69, 9.17) is 4.74 Å². The Labute approximate surface area is 126 Å². The molecule has 1 amide bonds. The highest BCUT2D eigenvalue weighted by Gasteiger charge is 2.25. The predicted molar refractivity (Wildman–Crippen MR) is 81.7 cm³/mol. The first-order chi connectivity index (χ1) is 10.8. The highest BCUT2D eigenvalue weighted by molar-refractivity contribution is 6.03. The van der Waals surface area contributed by atoms with Gasteiger partial charge in [-0.05, 0) is 18.9 Å². The fourth-order valence-electron chi connectivity index (χ4n) is 3.02. The standard InChI is InChI=1S/C15H17N5O2/c1-22-9-3-6-20(7-4-9)15(21)14-18-11-8-17-13-10(2-5-16-13)12(11)19-14/h2,5,8-9H,3-4,6-7H2,1H3,(H,16,17)(H,18,19). The molecule has 7 heteroatoms. The quantitative estimate of drug-likeness (QED) is 0.754. The van der Waals surface area contributed by atoms with Crippen molar-refractivity contribution in [1.82, 2.24) is 24.8 Å². The van der Waals surface area contributed by atoms with Gasteiger partial charge in [-0.1, -0.05) is 0 Å². The molecule has 0 atom stereocenters. The third-order valence-electron chi connectivity index (χ3n) is 4.30. The minimum atomic E-state index is -0.0607. The Morgan fingerprint density at radius 3 is 3.00 bits per heavy atom. The van der Waals surface area contributed by atoms with Crippen molar-refractivity contribution in [2.45, 2.75) is 18.9 Å². The van der Waals surface area contributed by atoms with E-state index in [0.717, 1.165) is 34.9 Å². The summed E-state index contributed by atoms with van der Waals surface area (Å²) >= 11 is 0. The molecular weight excluding hydrogens is 282 g/mol. The van der Waals surface area contributed by atoms with Gasteiger partial charge in [-0.15, -0.1) is 0 Å². The summed E-state index contributed by atoms with van der Waals surface area (Å²) in [5.41, 5.74) is 2.34. The number of hydrogen-bond acceptors (Lipinski definition) is 4. The van der Waals surface area contributed by atoms with Crippen molar-refractivity contribution in [3.63, 3.8) is 0 Å². The Morgan fingerprint density at radius 2 is 2.23 bits per heavy atom. The summed E-state index contributed by atoms with van der Waals surface area (Å²) in [4.78, 5) is 29.4. The number of pyridine rings is 1. The van der Waals surface area contributed by atoms with Gasteiger partial charge >= 0.3 is 0 Å². The number of H-pyrrole nitrogens is 2. The highest BCUT2D eigenvalue weighted by atomic mass is 16.5. The molecule has 1 aliphatic rings. The normalized spacial score (nSPS) is 16.7. The Bertz CT molecular complexity index is 829. The van der Waals surface area contributed by atoms with E-state index in [2.05, 4.69) is 19.9 Å². The highest BCUT2D eigenvalue weighted by Crippen LogP contribution is 2.22. The molecule has 0 bridgehead atoms. The minimum absolute atomic E-state index is 0.0607. The average Bonchev–Trinajstić information content (AvgIpc) is 3.19. The molecule has 4 rings (SSSR count). The Balaban J connectivity index is 1.64. The van der Waals surface area contributed by atoms with Crippen molar-refractivity contribution in [3.8, 4) is 0 Å². The molecule has 0 unspecified atom stereocenters. The third kappa shape index (κ3) is 2.05. The maximum atomic E-state index is 12.6. The predicted octanol–water partition coefficient (Wildman–Crippen LogP) is 1.69. The van der Waals surface area contributed by atoms with Crippen LogP contribution < -0.4 is 0 Å². The van der Waals surface area contributed by atoms with Crippen LogP contribution in [-0.2, 0) is 4.74 Å². The van der Waals surface area contributed by atoms with Gasteiger partial charge in [-0.25, -0.2) is 9.97 Å². The van der Waals surface area contributed by atoms with Gasteiger partial charge in [-0.3, -0.25) is 4.79 Å². The lowest BCUT2D eigenvalue weighted by molar-refractivity contribution is 0.0345. The number of nitrogens with zero attached hydrogens (tertiary/aromatic N) is 3. The van der Waals surface area contributed by atoms with E-state index >= 15 is 0 Å². The number of ether oxygens (including phenoxy) is 1. The molecule has 2 N–H and O–H groups in total. The Kier molecular flexibility index (Phi) is 3.07. The average molecular weight is 299 g/mol. The lowest BCUT2D eigenvalue weighted by Gasteiger charge is -2.30. The van der Waals surface area contributed by atoms with Crippen molar-refractivity contribution in [1.29, 1.82) is 0 Å². The number of aromatic nitrogens is 4. The van der Waals surface area contributed by atoms with E-state index in [0.29, 0.717) is 18.9 Å². The number of imidazole rings is 1. The van der Waals surface area contributed by atoms with Gasteiger partial charge in [0.05, 0.1) is 17.8 Å². The summed E-state index contributed by atoms with van der Waals surface area (Å²) in [6, 6.07) is 1.92. The molecular formula is C15H17N5O2. The molecule has 4 heterocycles. The molecule has 1 aliphatic heterocycles. The zero-order chi connectivity index (χ0) is 15.1. The van der Waals surface area contributed by atoms with Crippen LogP contribution in [0.15, 0.2) is 18.5 Å². The molecule has 22 heavy (non-hydrogen) atoms. The zero-order valence-electron chi connectivity index (χ0n) is 12.3. The number of nitrogens with one attached hydrogen (secondary N) is 2. The van der Waals surface area contributed by atoms with E-state index < -0.39 is 0 Å². The topological polar surface area (TPSA) is 86.9 Å². The van der Waals surface area contributed by atoms with Crippen LogP contribution in [0.5, 0.6) is 0 Å². The molecule has 1 fully saturated rings. The molecule has 7 nitrogen and oxygen atoms in total. The molecule has 0 aliphatic carbocycles. The van der Waals surface area contributed by atoms with Crippen molar-refractivity contribution >= 4 is 28.0 Å². The SMILES string of the molecule is COC1CCN(C(=O)c2nc3c(cnc4[nH]ccc43)[nH]2)CC1. The van der Waals surface area contributed by atoms with Crippen LogP contribution in [0.3, 0.4) is 0 Å². The van der Waals surface area contributed by atoms with Crippen LogP contribution >= 0.6 is 0 Å². The number of hydrogen-bond donors (Lipinski definition) is 2. The summed E-state index contributed by atoms with van der Waals surface area (Å²) in [7, 11) is 1.72. The van der Waals surface area contributed by atoms with Gasteiger partial charge in [-0.2, -0.15) is 0 Å². The van der Waals surface area contributed by atoms with Crippen molar-refractivity contribution in [2.24, 2.45) is 0 Å². The van der Waals surface area contributed by atoms with Crippen LogP contribution in [0.25, 0.3) is 22.1 Å². The first kappa shape index (κ1) is 13.3. The van der Waals surface area contributed by atoms with Gasteiger partial charge in [0.15, 0.2) is 5.82 Å². The molecule has 3 aromatic heterocycles. The molecule has 0 radical (unpaired) electrons. The van der Waals surface area contributed by atoms with E-state index in [9.17, 15) is 4.79 Å². The van der Waals surface area contributed by atoms with Crippen LogP contribution in [0, 0.1) is 0 Å². The van der Waals surface area contributed by atoms with Crippen molar-refractivity contribution in [2.75, 3.05) is 20.2 Å². The van der Waals surface area contributed by atoms with Crippen molar-refractivity contribution < 1.29 is 9.53 Å². The van der Waals surface area contributed by atoms with Crippen molar-refractivity contribution in [3.05, 3.63) is 24.3 Å². The number of likely N-dealkylation sites (tertiary alicyclic amines) is 1. The van der Waals surface area contributed by atoms with Crippen LogP contribution in [0.4, 0.5) is 0 Å². The second-order valence-corrected chi connectivity index (χ2v) is 5.57. The van der Waals surface area contributed by atoms with Gasteiger partial charge in [0, 0.05) is 31.8 Å². The van der Waals surface area contributed by atoms with Gasteiger partial charge in [0.1, 0.15) is 11.2 Å². The maximum absolute atomic E-state index is 12.6. The monoisotopic (exact) mass is 299 g/mol. The second kappa shape index (κ2) is 5.10. The van der Waals surface area contributed by atoms with E-state index in [1.165, 1.54) is 0 Å². The van der Waals surface area contributed by atoms with Gasteiger partial charge < -0.3 is 19.6 Å². The number of methoxy groups -OCH3 is 1. The molecule has 1 saturated heterocycles. The zero-order valence-corrected chi connectivity index (χ0v) is 12.3. The van der Waals surface area contributed by atoms with Crippen LogP contribution in [0.1, 0.15) is 23.5 Å². The molecule has 0 spiro atoms. The smallest absolute Gasteiger partial charge is 0.289 e. The van der Waals surface area contributed by atoms with Gasteiger partial charge in [0.2, 0.25) is 0 Å². The first-order valence-corrected chi connectivity index (χ1v) is 7.40. The lowest BCUT2D eigenvalue weighted by Crippen LogP contribution is -2.41. The van der Waals surface area contributed by atoms with E-state index in [1.807, 2.05) is 17.2 Å². The first-order valence-electron chi connectivity index (χ1n) is 7.40.